The summed E-state index contributed by atoms with van der Waals surface area (Å²) >= 11 is 0. The molecule has 6 unspecified atom stereocenters. The Balaban J connectivity index is 1.66. The van der Waals surface area contributed by atoms with Gasteiger partial charge in [-0.1, -0.05) is 17.7 Å². The van der Waals surface area contributed by atoms with Crippen LogP contribution in [0.1, 0.15) is 72.8 Å². The Morgan fingerprint density at radius 3 is 2.00 bits per heavy atom. The van der Waals surface area contributed by atoms with Crippen molar-refractivity contribution in [3.8, 4) is 11.5 Å². The number of hydrogen-bond acceptors (Lipinski definition) is 6. The first-order valence-electron chi connectivity index (χ1n) is 13.6. The van der Waals surface area contributed by atoms with E-state index in [1.807, 2.05) is 54.5 Å². The van der Waals surface area contributed by atoms with Crippen LogP contribution in [0.3, 0.4) is 0 Å². The molecule has 5 rings (SSSR count). The molecule has 2 aliphatic carbocycles. The summed E-state index contributed by atoms with van der Waals surface area (Å²) < 4.78 is 5.65. The summed E-state index contributed by atoms with van der Waals surface area (Å²) in [4.78, 5) is 57.7. The van der Waals surface area contributed by atoms with E-state index < -0.39 is 40.7 Å². The molecule has 1 saturated carbocycles. The van der Waals surface area contributed by atoms with Gasteiger partial charge in [0.2, 0.25) is 23.6 Å². The maximum atomic E-state index is 13.9. The third-order valence-electron chi connectivity index (χ3n) is 8.63. The van der Waals surface area contributed by atoms with E-state index in [1.54, 1.807) is 18.2 Å². The molecule has 1 aromatic carbocycles. The molecule has 1 aromatic rings. The highest BCUT2D eigenvalue weighted by atomic mass is 16.5. The van der Waals surface area contributed by atoms with Crippen LogP contribution < -0.4 is 4.74 Å². The molecule has 8 nitrogen and oxygen atoms in total. The molecular formula is C30H38N2O6. The molecule has 0 bridgehead atoms. The van der Waals surface area contributed by atoms with Crippen molar-refractivity contribution in [3.05, 3.63) is 35.4 Å². The van der Waals surface area contributed by atoms with Gasteiger partial charge < -0.3 is 9.84 Å². The molecule has 204 valence electrons. The van der Waals surface area contributed by atoms with Crippen molar-refractivity contribution >= 4 is 23.6 Å². The summed E-state index contributed by atoms with van der Waals surface area (Å²) in [6.45, 7) is 13.3. The van der Waals surface area contributed by atoms with E-state index in [9.17, 15) is 24.3 Å². The molecule has 38 heavy (non-hydrogen) atoms. The summed E-state index contributed by atoms with van der Waals surface area (Å²) in [6, 6.07) is 5.07. The smallest absolute Gasteiger partial charge is 0.234 e. The molecule has 6 atom stereocenters. The monoisotopic (exact) mass is 522 g/mol. The van der Waals surface area contributed by atoms with Gasteiger partial charge in [0, 0.05) is 17.0 Å². The first-order chi connectivity index (χ1) is 17.7. The molecule has 4 aliphatic rings. The number of nitrogens with zero attached hydrogens (tertiary/aromatic N) is 2. The van der Waals surface area contributed by atoms with Gasteiger partial charge in [0.1, 0.15) is 0 Å². The van der Waals surface area contributed by atoms with Crippen LogP contribution >= 0.6 is 0 Å². The number of rotatable bonds is 3. The molecule has 2 saturated heterocycles. The van der Waals surface area contributed by atoms with Gasteiger partial charge in [-0.05, 0) is 84.9 Å². The number of imide groups is 2. The van der Waals surface area contributed by atoms with Gasteiger partial charge in [0.05, 0.1) is 30.3 Å². The van der Waals surface area contributed by atoms with E-state index in [4.69, 9.17) is 4.74 Å². The number of hydrogen-bond donors (Lipinski definition) is 1. The number of amides is 4. The lowest BCUT2D eigenvalue weighted by Gasteiger charge is -2.44. The molecule has 0 radical (unpaired) electrons. The molecule has 0 spiro atoms. The second-order valence-electron chi connectivity index (χ2n) is 13.0. The quantitative estimate of drug-likeness (QED) is 0.475. The minimum absolute atomic E-state index is 0.000253. The van der Waals surface area contributed by atoms with Crippen molar-refractivity contribution in [1.29, 1.82) is 0 Å². The van der Waals surface area contributed by atoms with Gasteiger partial charge in [0.15, 0.2) is 11.5 Å². The number of phenolic OH excluding ortho intramolecular Hbond substituents is 1. The molecule has 4 amide bonds. The topological polar surface area (TPSA) is 104 Å². The maximum absolute atomic E-state index is 13.9. The van der Waals surface area contributed by atoms with Crippen LogP contribution in [0.5, 0.6) is 11.5 Å². The lowest BCUT2D eigenvalue weighted by atomic mass is 9.57. The largest absolute Gasteiger partial charge is 0.504 e. The Morgan fingerprint density at radius 1 is 0.842 bits per heavy atom. The summed E-state index contributed by atoms with van der Waals surface area (Å²) in [5.74, 6) is -3.48. The summed E-state index contributed by atoms with van der Waals surface area (Å²) in [5, 5.41) is 10.4. The Kier molecular flexibility index (Phi) is 6.04. The third kappa shape index (κ3) is 3.78. The normalized spacial score (nSPS) is 31.3. The fourth-order valence-electron chi connectivity index (χ4n) is 7.28. The molecule has 2 aliphatic heterocycles. The van der Waals surface area contributed by atoms with Crippen LogP contribution in [0.15, 0.2) is 29.8 Å². The van der Waals surface area contributed by atoms with Crippen LogP contribution in [0.2, 0.25) is 0 Å². The molecule has 8 heteroatoms. The second kappa shape index (κ2) is 8.68. The third-order valence-corrected chi connectivity index (χ3v) is 8.63. The molecule has 0 aromatic heterocycles. The SMILES string of the molecule is CCOc1cc(C2C3=CCC4C(=O)N(C(C)(C)C)C(=O)C4C3CC3C(=O)N(C(C)(C)C)C(=O)C32)ccc1O. The Bertz CT molecular complexity index is 1250. The molecule has 3 fully saturated rings. The van der Waals surface area contributed by atoms with Gasteiger partial charge in [-0.3, -0.25) is 29.0 Å². The van der Waals surface area contributed by atoms with Crippen molar-refractivity contribution in [2.75, 3.05) is 6.61 Å². The van der Waals surface area contributed by atoms with Crippen molar-refractivity contribution in [2.45, 2.75) is 78.3 Å². The maximum Gasteiger partial charge on any atom is 0.234 e. The van der Waals surface area contributed by atoms with Gasteiger partial charge in [0.25, 0.3) is 0 Å². The average Bonchev–Trinajstić information content (AvgIpc) is 3.23. The number of likely N-dealkylation sites (tertiary alicyclic amines) is 2. The van der Waals surface area contributed by atoms with Gasteiger partial charge in [-0.2, -0.15) is 0 Å². The van der Waals surface area contributed by atoms with Crippen LogP contribution in [-0.4, -0.2) is 56.2 Å². The standard InChI is InChI=1S/C30H38N2O6/c1-8-38-21-13-15(9-12-20(21)33)22-16-10-11-17-23(27(36)31(25(17)34)29(2,3)4)18(16)14-19-24(22)28(37)32(26(19)35)30(5,6)7/h9-10,12-13,17-19,22-24,33H,8,11,14H2,1-7H3. The zero-order valence-electron chi connectivity index (χ0n) is 23.3. The van der Waals surface area contributed by atoms with E-state index in [2.05, 4.69) is 0 Å². The number of benzene rings is 1. The van der Waals surface area contributed by atoms with Gasteiger partial charge in [-0.25, -0.2) is 0 Å². The Hall–Kier alpha value is -3.16. The van der Waals surface area contributed by atoms with E-state index in [0.717, 1.165) is 11.1 Å². The van der Waals surface area contributed by atoms with Crippen LogP contribution in [0, 0.1) is 29.6 Å². The van der Waals surface area contributed by atoms with Crippen LogP contribution in [0.25, 0.3) is 0 Å². The Morgan fingerprint density at radius 2 is 1.42 bits per heavy atom. The number of aromatic hydroxyl groups is 1. The first kappa shape index (κ1) is 26.4. The predicted molar refractivity (Wildman–Crippen MR) is 140 cm³/mol. The number of phenols is 1. The summed E-state index contributed by atoms with van der Waals surface area (Å²) in [6.07, 6.45) is 2.82. The Labute approximate surface area is 224 Å². The van der Waals surface area contributed by atoms with E-state index in [1.165, 1.54) is 9.80 Å². The van der Waals surface area contributed by atoms with E-state index in [-0.39, 0.29) is 35.3 Å². The molecule has 1 N–H and O–H groups in total. The van der Waals surface area contributed by atoms with Crippen molar-refractivity contribution in [2.24, 2.45) is 29.6 Å². The van der Waals surface area contributed by atoms with Gasteiger partial charge in [-0.15, -0.1) is 0 Å². The first-order valence-corrected chi connectivity index (χ1v) is 13.6. The van der Waals surface area contributed by atoms with Crippen molar-refractivity contribution < 1.29 is 29.0 Å². The van der Waals surface area contributed by atoms with E-state index in [0.29, 0.717) is 25.2 Å². The van der Waals surface area contributed by atoms with Gasteiger partial charge >= 0.3 is 0 Å². The van der Waals surface area contributed by atoms with E-state index >= 15 is 0 Å². The fourth-order valence-corrected chi connectivity index (χ4v) is 7.28. The number of carbonyl (C=O) groups excluding carboxylic acids is 4. The number of ether oxygens (including phenoxy) is 1. The van der Waals surface area contributed by atoms with Crippen LogP contribution in [0.4, 0.5) is 0 Å². The minimum Gasteiger partial charge on any atom is -0.504 e. The van der Waals surface area contributed by atoms with Crippen molar-refractivity contribution in [3.63, 3.8) is 0 Å². The number of carbonyl (C=O) groups is 4. The van der Waals surface area contributed by atoms with Crippen molar-refractivity contribution in [1.82, 2.24) is 9.80 Å². The highest BCUT2D eigenvalue weighted by Crippen LogP contribution is 2.59. The lowest BCUT2D eigenvalue weighted by Crippen LogP contribution is -2.47. The highest BCUT2D eigenvalue weighted by Gasteiger charge is 2.63. The number of fused-ring (bicyclic) bond motifs is 4. The molecular weight excluding hydrogens is 484 g/mol. The minimum atomic E-state index is -0.689. The number of allylic oxidation sites excluding steroid dienone is 2. The average molecular weight is 523 g/mol. The fraction of sp³-hybridized carbons (Fsp3) is 0.600. The summed E-state index contributed by atoms with van der Waals surface area (Å²) in [7, 11) is 0. The second-order valence-corrected chi connectivity index (χ2v) is 13.0. The highest BCUT2D eigenvalue weighted by molar-refractivity contribution is 6.08. The lowest BCUT2D eigenvalue weighted by molar-refractivity contribution is -0.147. The summed E-state index contributed by atoms with van der Waals surface area (Å²) in [5.41, 5.74) is 0.367. The van der Waals surface area contributed by atoms with Crippen LogP contribution in [-0.2, 0) is 19.2 Å². The predicted octanol–water partition coefficient (Wildman–Crippen LogP) is 4.02. The molecule has 2 heterocycles. The zero-order chi connectivity index (χ0) is 27.9. The zero-order valence-corrected chi connectivity index (χ0v) is 23.3.